The third-order valence-corrected chi connectivity index (χ3v) is 5.86. The van der Waals surface area contributed by atoms with Crippen molar-refractivity contribution in [3.63, 3.8) is 0 Å². The molecule has 1 unspecified atom stereocenters. The van der Waals surface area contributed by atoms with Gasteiger partial charge in [0.05, 0.1) is 5.69 Å². The number of carbonyl (C=O) groups excluding carboxylic acids is 1. The fourth-order valence-electron chi connectivity index (χ4n) is 4.37. The number of ether oxygens (including phenoxy) is 1. The van der Waals surface area contributed by atoms with Crippen LogP contribution in [0.2, 0.25) is 0 Å². The molecule has 7 nitrogen and oxygen atoms in total. The number of nitrogens with one attached hydrogen (secondary N) is 1. The number of likely N-dealkylation sites (tertiary alicyclic amines) is 1. The van der Waals surface area contributed by atoms with Gasteiger partial charge in [-0.15, -0.1) is 0 Å². The van der Waals surface area contributed by atoms with Gasteiger partial charge in [0.15, 0.2) is 0 Å². The van der Waals surface area contributed by atoms with Crippen molar-refractivity contribution < 1.29 is 14.6 Å². The van der Waals surface area contributed by atoms with Gasteiger partial charge in [0.25, 0.3) is 0 Å². The van der Waals surface area contributed by atoms with E-state index in [0.717, 1.165) is 49.6 Å². The Balaban J connectivity index is 1.97. The molecule has 1 amide bonds. The van der Waals surface area contributed by atoms with Crippen LogP contribution in [-0.2, 0) is 26.8 Å². The molecule has 28 heavy (non-hydrogen) atoms. The molecule has 0 saturated carbocycles. The minimum atomic E-state index is -0.160. The average Bonchev–Trinajstić information content (AvgIpc) is 2.99. The third kappa shape index (κ3) is 4.15. The Hall–Kier alpha value is -1.73. The maximum Gasteiger partial charge on any atom is 0.248 e. The van der Waals surface area contributed by atoms with Crippen LogP contribution in [0.25, 0.3) is 0 Å². The highest BCUT2D eigenvalue weighted by Gasteiger charge is 2.46. The summed E-state index contributed by atoms with van der Waals surface area (Å²) < 4.78 is 5.07. The standard InChI is InChI=1S/C21H34N4O3/c1-20(2,3)19-23-17-15(18(24-19)22-10-6-12-26)7-9-21(17)8-5-11-25(14-21)16(27)13-28-4/h26H,5-14H2,1-4H3,(H,22,23,24). The predicted octanol–water partition coefficient (Wildman–Crippen LogP) is 2.02. The first-order valence-electron chi connectivity index (χ1n) is 10.3. The van der Waals surface area contributed by atoms with Crippen molar-refractivity contribution in [1.82, 2.24) is 14.9 Å². The topological polar surface area (TPSA) is 87.6 Å². The van der Waals surface area contributed by atoms with Gasteiger partial charge in [-0.2, -0.15) is 0 Å². The zero-order valence-electron chi connectivity index (χ0n) is 17.7. The lowest BCUT2D eigenvalue weighted by atomic mass is 9.77. The summed E-state index contributed by atoms with van der Waals surface area (Å²) in [5.41, 5.74) is 2.06. The smallest absolute Gasteiger partial charge is 0.248 e. The zero-order chi connectivity index (χ0) is 20.4. The number of hydrogen-bond donors (Lipinski definition) is 2. The van der Waals surface area contributed by atoms with Crippen LogP contribution >= 0.6 is 0 Å². The highest BCUT2D eigenvalue weighted by Crippen LogP contribution is 2.46. The minimum absolute atomic E-state index is 0.0569. The summed E-state index contributed by atoms with van der Waals surface area (Å²) in [7, 11) is 1.57. The Labute approximate surface area is 167 Å². The molecule has 0 bridgehead atoms. The molecule has 1 spiro atoms. The highest BCUT2D eigenvalue weighted by atomic mass is 16.5. The number of carbonyl (C=O) groups is 1. The molecule has 1 saturated heterocycles. The average molecular weight is 391 g/mol. The monoisotopic (exact) mass is 390 g/mol. The lowest BCUT2D eigenvalue weighted by molar-refractivity contribution is -0.137. The molecule has 156 valence electrons. The number of aliphatic hydroxyl groups excluding tert-OH is 1. The van der Waals surface area contributed by atoms with Gasteiger partial charge in [0.2, 0.25) is 5.91 Å². The van der Waals surface area contributed by atoms with Crippen LogP contribution < -0.4 is 5.32 Å². The van der Waals surface area contributed by atoms with Crippen LogP contribution in [0.3, 0.4) is 0 Å². The molecule has 2 aliphatic rings. The molecule has 1 aliphatic heterocycles. The minimum Gasteiger partial charge on any atom is -0.396 e. The van der Waals surface area contributed by atoms with E-state index in [-0.39, 0.29) is 30.0 Å². The van der Waals surface area contributed by atoms with Crippen molar-refractivity contribution in [2.24, 2.45) is 0 Å². The maximum atomic E-state index is 12.4. The van der Waals surface area contributed by atoms with Gasteiger partial charge < -0.3 is 20.1 Å². The van der Waals surface area contributed by atoms with E-state index in [1.165, 1.54) is 5.56 Å². The van der Waals surface area contributed by atoms with E-state index in [2.05, 4.69) is 26.1 Å². The molecule has 0 radical (unpaired) electrons. The van der Waals surface area contributed by atoms with Gasteiger partial charge >= 0.3 is 0 Å². The second-order valence-electron chi connectivity index (χ2n) is 9.11. The van der Waals surface area contributed by atoms with Gasteiger partial charge in [-0.05, 0) is 32.1 Å². The predicted molar refractivity (Wildman–Crippen MR) is 109 cm³/mol. The molecule has 1 aliphatic carbocycles. The number of fused-ring (bicyclic) bond motifs is 2. The summed E-state index contributed by atoms with van der Waals surface area (Å²) in [5, 5.41) is 12.5. The number of nitrogens with zero attached hydrogens (tertiary/aromatic N) is 3. The molecule has 0 aromatic carbocycles. The molecular weight excluding hydrogens is 356 g/mol. The normalized spacial score (nSPS) is 21.8. The number of hydrogen-bond acceptors (Lipinski definition) is 6. The molecule has 1 aromatic rings. The number of methoxy groups -OCH3 is 1. The van der Waals surface area contributed by atoms with Gasteiger partial charge in [0.1, 0.15) is 18.2 Å². The Bertz CT molecular complexity index is 716. The Morgan fingerprint density at radius 3 is 2.79 bits per heavy atom. The summed E-state index contributed by atoms with van der Waals surface area (Å²) in [5.74, 6) is 1.79. The number of rotatable bonds is 6. The van der Waals surface area contributed by atoms with Gasteiger partial charge in [-0.1, -0.05) is 20.8 Å². The first-order chi connectivity index (χ1) is 13.3. The Kier molecular flexibility index (Phi) is 6.25. The second-order valence-corrected chi connectivity index (χ2v) is 9.11. The summed E-state index contributed by atoms with van der Waals surface area (Å²) in [6.07, 6.45) is 4.64. The fraction of sp³-hybridized carbons (Fsp3) is 0.762. The fourth-order valence-corrected chi connectivity index (χ4v) is 4.37. The van der Waals surface area contributed by atoms with E-state index < -0.39 is 0 Å². The van der Waals surface area contributed by atoms with Crippen molar-refractivity contribution in [3.05, 3.63) is 17.1 Å². The maximum absolute atomic E-state index is 12.4. The number of aromatic nitrogens is 2. The van der Waals surface area contributed by atoms with Crippen LogP contribution in [0, 0.1) is 0 Å². The summed E-state index contributed by atoms with van der Waals surface area (Å²) in [4.78, 5) is 24.3. The van der Waals surface area contributed by atoms with Gasteiger partial charge in [-0.3, -0.25) is 4.79 Å². The van der Waals surface area contributed by atoms with Crippen molar-refractivity contribution in [1.29, 1.82) is 0 Å². The van der Waals surface area contributed by atoms with Crippen molar-refractivity contribution in [2.45, 2.75) is 63.7 Å². The van der Waals surface area contributed by atoms with E-state index in [0.29, 0.717) is 19.5 Å². The molecular formula is C21H34N4O3. The first-order valence-corrected chi connectivity index (χ1v) is 10.3. The van der Waals surface area contributed by atoms with Crippen molar-refractivity contribution >= 4 is 11.7 Å². The highest BCUT2D eigenvalue weighted by molar-refractivity contribution is 5.77. The van der Waals surface area contributed by atoms with Crippen molar-refractivity contribution in [2.75, 3.05) is 45.3 Å². The van der Waals surface area contributed by atoms with Crippen LogP contribution in [0.4, 0.5) is 5.82 Å². The van der Waals surface area contributed by atoms with Crippen LogP contribution in [-0.4, -0.2) is 65.8 Å². The Morgan fingerprint density at radius 1 is 1.32 bits per heavy atom. The molecule has 2 N–H and O–H groups in total. The molecule has 3 rings (SSSR count). The SMILES string of the molecule is COCC(=O)N1CCCC2(CCc3c(NCCCO)nc(C(C)(C)C)nc32)C1. The lowest BCUT2D eigenvalue weighted by Crippen LogP contribution is -2.49. The summed E-state index contributed by atoms with van der Waals surface area (Å²) >= 11 is 0. The lowest BCUT2D eigenvalue weighted by Gasteiger charge is -2.40. The Morgan fingerprint density at radius 2 is 2.11 bits per heavy atom. The van der Waals surface area contributed by atoms with E-state index in [9.17, 15) is 4.79 Å². The van der Waals surface area contributed by atoms with E-state index in [1.54, 1.807) is 7.11 Å². The summed E-state index contributed by atoms with van der Waals surface area (Å²) in [6.45, 7) is 8.86. The largest absolute Gasteiger partial charge is 0.396 e. The van der Waals surface area contributed by atoms with Crippen LogP contribution in [0.15, 0.2) is 0 Å². The summed E-state index contributed by atoms with van der Waals surface area (Å²) in [6, 6.07) is 0. The van der Waals surface area contributed by atoms with Gasteiger partial charge in [0, 0.05) is 49.7 Å². The van der Waals surface area contributed by atoms with Crippen LogP contribution in [0.1, 0.15) is 63.5 Å². The molecule has 1 aromatic heterocycles. The number of aliphatic hydroxyl groups is 1. The van der Waals surface area contributed by atoms with Crippen molar-refractivity contribution in [3.8, 4) is 0 Å². The number of anilines is 1. The molecule has 1 fully saturated rings. The van der Waals surface area contributed by atoms with E-state index in [4.69, 9.17) is 19.8 Å². The molecule has 7 heteroatoms. The second kappa shape index (κ2) is 8.33. The number of piperidine rings is 1. The quantitative estimate of drug-likeness (QED) is 0.723. The first kappa shape index (κ1) is 21.0. The number of amides is 1. The van der Waals surface area contributed by atoms with Crippen LogP contribution in [0.5, 0.6) is 0 Å². The third-order valence-electron chi connectivity index (χ3n) is 5.86. The molecule has 1 atom stereocenters. The zero-order valence-corrected chi connectivity index (χ0v) is 17.7. The molecule has 2 heterocycles. The van der Waals surface area contributed by atoms with Gasteiger partial charge in [-0.25, -0.2) is 9.97 Å². The van der Waals surface area contributed by atoms with E-state index in [1.807, 2.05) is 4.90 Å². The van der Waals surface area contributed by atoms with E-state index >= 15 is 0 Å².